The number of hydrogen-bond donors (Lipinski definition) is 0. The van der Waals surface area contributed by atoms with Crippen molar-refractivity contribution in [2.45, 2.75) is 142 Å². The van der Waals surface area contributed by atoms with E-state index in [-0.39, 0.29) is 18.3 Å². The molecule has 0 aromatic rings. The highest BCUT2D eigenvalue weighted by Gasteiger charge is 2.49. The molecule has 3 atom stereocenters. The molecule has 1 fully saturated rings. The Labute approximate surface area is 232 Å². The molecule has 220 valence electrons. The van der Waals surface area contributed by atoms with E-state index in [2.05, 4.69) is 34.3 Å². The van der Waals surface area contributed by atoms with Crippen LogP contribution in [-0.4, -0.2) is 36.7 Å². The number of esters is 3. The minimum atomic E-state index is -1.45. The molecule has 6 nitrogen and oxygen atoms in total. The van der Waals surface area contributed by atoms with Crippen molar-refractivity contribution in [1.82, 2.24) is 0 Å². The molecular formula is C32H56O6. The van der Waals surface area contributed by atoms with E-state index >= 15 is 0 Å². The lowest BCUT2D eigenvalue weighted by Crippen LogP contribution is -2.49. The molecule has 0 aliphatic heterocycles. The van der Waals surface area contributed by atoms with E-state index < -0.39 is 23.5 Å². The van der Waals surface area contributed by atoms with E-state index in [1.807, 2.05) is 0 Å². The van der Waals surface area contributed by atoms with Crippen LogP contribution in [0.4, 0.5) is 0 Å². The van der Waals surface area contributed by atoms with E-state index in [0.717, 1.165) is 56.9 Å². The van der Waals surface area contributed by atoms with Gasteiger partial charge in [0.05, 0.1) is 19.1 Å². The Balaban J connectivity index is 2.48. The molecule has 6 heteroatoms. The van der Waals surface area contributed by atoms with Crippen molar-refractivity contribution in [2.75, 3.05) is 13.2 Å². The first-order valence-electron chi connectivity index (χ1n) is 15.5. The van der Waals surface area contributed by atoms with Crippen molar-refractivity contribution in [3.63, 3.8) is 0 Å². The molecule has 0 aromatic heterocycles. The second-order valence-electron chi connectivity index (χ2n) is 11.6. The average molecular weight is 537 g/mol. The number of carbonyl (C=O) groups excluding carboxylic acids is 3. The van der Waals surface area contributed by atoms with E-state index in [1.54, 1.807) is 0 Å². The number of hydrogen-bond acceptors (Lipinski definition) is 6. The number of unbranched alkanes of at least 4 members (excludes halogenated alkanes) is 8. The van der Waals surface area contributed by atoms with Gasteiger partial charge < -0.3 is 14.2 Å². The fourth-order valence-corrected chi connectivity index (χ4v) is 5.22. The van der Waals surface area contributed by atoms with Crippen LogP contribution in [0.3, 0.4) is 0 Å². The fraction of sp³-hybridized carbons (Fsp3) is 0.844. The van der Waals surface area contributed by atoms with Gasteiger partial charge in [0.1, 0.15) is 0 Å². The smallest absolute Gasteiger partial charge is 0.350 e. The molecular weight excluding hydrogens is 480 g/mol. The Morgan fingerprint density at radius 1 is 0.921 bits per heavy atom. The maximum Gasteiger partial charge on any atom is 0.350 e. The summed E-state index contributed by atoms with van der Waals surface area (Å²) in [5.41, 5.74) is -1.45. The number of rotatable bonds is 21. The van der Waals surface area contributed by atoms with Crippen LogP contribution in [-0.2, 0) is 28.6 Å². The third-order valence-corrected chi connectivity index (χ3v) is 7.79. The normalized spacial score (nSPS) is 20.1. The zero-order chi connectivity index (χ0) is 28.2. The predicted octanol–water partition coefficient (Wildman–Crippen LogP) is 8.11. The van der Waals surface area contributed by atoms with Gasteiger partial charge in [0.25, 0.3) is 0 Å². The predicted molar refractivity (Wildman–Crippen MR) is 153 cm³/mol. The van der Waals surface area contributed by atoms with Gasteiger partial charge >= 0.3 is 17.9 Å². The lowest BCUT2D eigenvalue weighted by Gasteiger charge is -2.37. The van der Waals surface area contributed by atoms with Crippen molar-refractivity contribution in [3.05, 3.63) is 12.7 Å². The number of carbonyl (C=O) groups is 3. The summed E-state index contributed by atoms with van der Waals surface area (Å²) in [6.45, 7) is 12.9. The monoisotopic (exact) mass is 536 g/mol. The van der Waals surface area contributed by atoms with Gasteiger partial charge in [0, 0.05) is 12.5 Å². The van der Waals surface area contributed by atoms with Crippen molar-refractivity contribution in [1.29, 1.82) is 0 Å². The van der Waals surface area contributed by atoms with Crippen molar-refractivity contribution >= 4 is 17.9 Å². The highest BCUT2D eigenvalue weighted by Crippen LogP contribution is 2.38. The number of ether oxygens (including phenoxy) is 3. The molecule has 0 radical (unpaired) electrons. The van der Waals surface area contributed by atoms with Crippen LogP contribution in [0.25, 0.3) is 0 Å². The summed E-state index contributed by atoms with van der Waals surface area (Å²) in [5, 5.41) is 0. The minimum Gasteiger partial charge on any atom is -0.465 e. The van der Waals surface area contributed by atoms with E-state index in [0.29, 0.717) is 32.5 Å². The van der Waals surface area contributed by atoms with Crippen LogP contribution in [0.1, 0.15) is 137 Å². The lowest BCUT2D eigenvalue weighted by molar-refractivity contribution is -0.189. The second-order valence-corrected chi connectivity index (χ2v) is 11.6. The molecule has 3 unspecified atom stereocenters. The van der Waals surface area contributed by atoms with E-state index in [9.17, 15) is 14.4 Å². The summed E-state index contributed by atoms with van der Waals surface area (Å²) in [6, 6.07) is 0. The van der Waals surface area contributed by atoms with Crippen LogP contribution in [0.2, 0.25) is 0 Å². The fourth-order valence-electron chi connectivity index (χ4n) is 5.22. The molecule has 38 heavy (non-hydrogen) atoms. The van der Waals surface area contributed by atoms with Crippen LogP contribution in [0.15, 0.2) is 12.7 Å². The van der Waals surface area contributed by atoms with Gasteiger partial charge in [-0.15, -0.1) is 0 Å². The maximum atomic E-state index is 13.2. The third-order valence-electron chi connectivity index (χ3n) is 7.79. The summed E-state index contributed by atoms with van der Waals surface area (Å²) >= 11 is 0. The second kappa shape index (κ2) is 20.1. The van der Waals surface area contributed by atoms with Crippen molar-refractivity contribution < 1.29 is 28.6 Å². The zero-order valence-corrected chi connectivity index (χ0v) is 24.9. The topological polar surface area (TPSA) is 78.9 Å². The molecule has 0 N–H and O–H groups in total. The lowest BCUT2D eigenvalue weighted by atomic mass is 9.77. The summed E-state index contributed by atoms with van der Waals surface area (Å²) in [4.78, 5) is 38.2. The largest absolute Gasteiger partial charge is 0.465 e. The summed E-state index contributed by atoms with van der Waals surface area (Å²) in [7, 11) is 0. The maximum absolute atomic E-state index is 13.2. The van der Waals surface area contributed by atoms with Gasteiger partial charge in [0.2, 0.25) is 5.60 Å². The van der Waals surface area contributed by atoms with E-state index in [4.69, 9.17) is 14.2 Å². The van der Waals surface area contributed by atoms with Gasteiger partial charge in [0.15, 0.2) is 0 Å². The highest BCUT2D eigenvalue weighted by atomic mass is 16.6. The van der Waals surface area contributed by atoms with Crippen molar-refractivity contribution in [3.8, 4) is 0 Å². The highest BCUT2D eigenvalue weighted by molar-refractivity contribution is 5.88. The van der Waals surface area contributed by atoms with Crippen LogP contribution < -0.4 is 0 Å². The Kier molecular flexibility index (Phi) is 18.1. The molecule has 1 aliphatic carbocycles. The van der Waals surface area contributed by atoms with Crippen LogP contribution >= 0.6 is 0 Å². The molecule has 0 aromatic carbocycles. The zero-order valence-electron chi connectivity index (χ0n) is 24.9. The first-order chi connectivity index (χ1) is 18.3. The average Bonchev–Trinajstić information content (AvgIpc) is 2.91. The summed E-state index contributed by atoms with van der Waals surface area (Å²) in [6.07, 6.45) is 17.6. The first kappa shape index (κ1) is 34.2. The Bertz CT molecular complexity index is 687. The van der Waals surface area contributed by atoms with Gasteiger partial charge in [-0.05, 0) is 43.9 Å². The van der Waals surface area contributed by atoms with Gasteiger partial charge in [-0.25, -0.2) is 9.59 Å². The quantitative estimate of drug-likeness (QED) is 0.0638. The summed E-state index contributed by atoms with van der Waals surface area (Å²) in [5.74, 6) is -0.941. The Morgan fingerprint density at radius 3 is 2.18 bits per heavy atom. The summed E-state index contributed by atoms with van der Waals surface area (Å²) < 4.78 is 16.9. The molecule has 1 saturated carbocycles. The standard InChI is InChI=1S/C32H56O6/c1-6-9-20-27(7-2)25-37-31(35)32(38-29(33)8-3)22-18-21-28(24-32)30(34)36-23-17-15-13-11-10-12-14-16-19-26(4)5/h8,26-28H,3,6-7,9-25H2,1-2,4-5H3. The van der Waals surface area contributed by atoms with Gasteiger partial charge in [-0.2, -0.15) is 0 Å². The third kappa shape index (κ3) is 13.8. The Hall–Kier alpha value is -1.85. The molecule has 1 rings (SSSR count). The van der Waals surface area contributed by atoms with Gasteiger partial charge in [-0.1, -0.05) is 105 Å². The molecule has 0 heterocycles. The van der Waals surface area contributed by atoms with Crippen molar-refractivity contribution in [2.24, 2.45) is 17.8 Å². The van der Waals surface area contributed by atoms with Gasteiger partial charge in [-0.3, -0.25) is 4.79 Å². The molecule has 0 spiro atoms. The first-order valence-corrected chi connectivity index (χ1v) is 15.5. The molecule has 0 amide bonds. The Morgan fingerprint density at radius 2 is 1.58 bits per heavy atom. The molecule has 0 bridgehead atoms. The molecule has 1 aliphatic rings. The van der Waals surface area contributed by atoms with E-state index in [1.165, 1.54) is 38.5 Å². The SMILES string of the molecule is C=CC(=O)OC1(C(=O)OCC(CC)CCCC)CCCC(C(=O)OCCCCCCCCCCC(C)C)C1. The minimum absolute atomic E-state index is 0.104. The van der Waals surface area contributed by atoms with Crippen LogP contribution in [0.5, 0.6) is 0 Å². The van der Waals surface area contributed by atoms with Crippen LogP contribution in [0, 0.1) is 17.8 Å². The molecule has 0 saturated heterocycles.